The van der Waals surface area contributed by atoms with Crippen LogP contribution in [0.3, 0.4) is 0 Å². The molecule has 0 aliphatic carbocycles. The Morgan fingerprint density at radius 3 is 1.85 bits per heavy atom. The summed E-state index contributed by atoms with van der Waals surface area (Å²) in [6, 6.07) is 6.20. The number of nitrogens with zero attached hydrogens (tertiary/aromatic N) is 2. The number of esters is 2. The molecular weight excluding hydrogens is 424 g/mol. The molecule has 0 radical (unpaired) electrons. The van der Waals surface area contributed by atoms with Gasteiger partial charge in [0.15, 0.2) is 0 Å². The summed E-state index contributed by atoms with van der Waals surface area (Å²) in [7, 11) is 0. The van der Waals surface area contributed by atoms with Gasteiger partial charge in [0.1, 0.15) is 0 Å². The molecule has 0 amide bonds. The highest BCUT2D eigenvalue weighted by Gasteiger charge is 2.42. The molecule has 1 aliphatic heterocycles. The molecule has 0 atom stereocenters. The molecular formula is C25H34N2O6. The van der Waals surface area contributed by atoms with Gasteiger partial charge in [-0.15, -0.1) is 0 Å². The number of allylic oxidation sites excluding steroid dienone is 2. The topological polar surface area (TPSA) is 99.0 Å². The maximum absolute atomic E-state index is 13.3. The molecule has 1 aromatic carbocycles. The van der Waals surface area contributed by atoms with E-state index in [-0.39, 0.29) is 35.6 Å². The number of nitro groups is 1. The lowest BCUT2D eigenvalue weighted by molar-refractivity contribution is -0.385. The Balaban J connectivity index is 2.72. The molecule has 2 rings (SSSR count). The molecule has 33 heavy (non-hydrogen) atoms. The van der Waals surface area contributed by atoms with Gasteiger partial charge in [-0.3, -0.25) is 10.1 Å². The predicted octanol–water partition coefficient (Wildman–Crippen LogP) is 5.25. The molecule has 0 saturated heterocycles. The van der Waals surface area contributed by atoms with Crippen LogP contribution in [0.15, 0.2) is 46.8 Å². The number of rotatable bonds is 11. The van der Waals surface area contributed by atoms with Crippen molar-refractivity contribution in [1.29, 1.82) is 0 Å². The molecule has 0 aromatic heterocycles. The monoisotopic (exact) mass is 458 g/mol. The van der Waals surface area contributed by atoms with Crippen LogP contribution in [-0.2, 0) is 19.1 Å². The van der Waals surface area contributed by atoms with E-state index in [4.69, 9.17) is 9.47 Å². The number of nitro benzene ring substituents is 1. The van der Waals surface area contributed by atoms with E-state index in [9.17, 15) is 19.7 Å². The van der Waals surface area contributed by atoms with Crippen molar-refractivity contribution in [2.24, 2.45) is 0 Å². The maximum atomic E-state index is 13.3. The standard InChI is InChI=1S/C25H34N2O6/c1-6-9-15-32-24(28)21-17(4)26(8-3)18(5)22(25(29)33-16-10-7-2)23(21)19-13-11-12-14-20(19)27(30)31/h11-14,23H,6-10,15-16H2,1-5H3. The molecule has 8 nitrogen and oxygen atoms in total. The normalized spacial score (nSPS) is 14.5. The average molecular weight is 459 g/mol. The Morgan fingerprint density at radius 2 is 1.42 bits per heavy atom. The quantitative estimate of drug-likeness (QED) is 0.193. The van der Waals surface area contributed by atoms with Crippen molar-refractivity contribution in [3.8, 4) is 0 Å². The minimum atomic E-state index is -0.961. The first kappa shape index (κ1) is 26.1. The lowest BCUT2D eigenvalue weighted by Crippen LogP contribution is -2.35. The second kappa shape index (κ2) is 12.2. The number of ether oxygens (including phenoxy) is 2. The van der Waals surface area contributed by atoms with Crippen molar-refractivity contribution in [1.82, 2.24) is 4.90 Å². The maximum Gasteiger partial charge on any atom is 0.336 e. The Bertz CT molecular complexity index is 904. The van der Waals surface area contributed by atoms with Crippen LogP contribution in [0.5, 0.6) is 0 Å². The fourth-order valence-electron chi connectivity index (χ4n) is 4.09. The second-order valence-corrected chi connectivity index (χ2v) is 7.97. The van der Waals surface area contributed by atoms with Crippen LogP contribution in [-0.4, -0.2) is 41.5 Å². The summed E-state index contributed by atoms with van der Waals surface area (Å²) in [5, 5.41) is 11.9. The van der Waals surface area contributed by atoms with E-state index in [0.717, 1.165) is 12.8 Å². The van der Waals surface area contributed by atoms with Crippen molar-refractivity contribution < 1.29 is 24.0 Å². The van der Waals surface area contributed by atoms with E-state index in [0.29, 0.717) is 30.8 Å². The first-order valence-electron chi connectivity index (χ1n) is 11.6. The first-order valence-corrected chi connectivity index (χ1v) is 11.6. The molecule has 0 spiro atoms. The Morgan fingerprint density at radius 1 is 0.939 bits per heavy atom. The minimum Gasteiger partial charge on any atom is -0.462 e. The molecule has 1 heterocycles. The Hall–Kier alpha value is -3.16. The van der Waals surface area contributed by atoms with Crippen LogP contribution in [0.4, 0.5) is 5.69 Å². The summed E-state index contributed by atoms with van der Waals surface area (Å²) in [6.45, 7) is 10.4. The molecule has 0 fully saturated rings. The lowest BCUT2D eigenvalue weighted by atomic mass is 9.79. The van der Waals surface area contributed by atoms with E-state index < -0.39 is 22.8 Å². The summed E-state index contributed by atoms with van der Waals surface area (Å²) < 4.78 is 11.1. The van der Waals surface area contributed by atoms with Crippen LogP contribution < -0.4 is 0 Å². The van der Waals surface area contributed by atoms with Gasteiger partial charge in [0.25, 0.3) is 5.69 Å². The van der Waals surface area contributed by atoms with Crippen molar-refractivity contribution >= 4 is 17.6 Å². The molecule has 1 aromatic rings. The van der Waals surface area contributed by atoms with Crippen LogP contribution >= 0.6 is 0 Å². The minimum absolute atomic E-state index is 0.161. The Labute approximate surface area is 195 Å². The third-order valence-corrected chi connectivity index (χ3v) is 5.83. The van der Waals surface area contributed by atoms with Crippen molar-refractivity contribution in [2.45, 2.75) is 66.2 Å². The largest absolute Gasteiger partial charge is 0.462 e. The highest BCUT2D eigenvalue weighted by atomic mass is 16.6. The first-order chi connectivity index (χ1) is 15.8. The summed E-state index contributed by atoms with van der Waals surface area (Å²) >= 11 is 0. The van der Waals surface area contributed by atoms with Gasteiger partial charge >= 0.3 is 11.9 Å². The van der Waals surface area contributed by atoms with Crippen LogP contribution in [0.25, 0.3) is 0 Å². The number of carbonyl (C=O) groups excluding carboxylic acids is 2. The molecule has 1 aliphatic rings. The van der Waals surface area contributed by atoms with E-state index in [1.807, 2.05) is 25.7 Å². The Kier molecular flexibility index (Phi) is 9.63. The number of benzene rings is 1. The fourth-order valence-corrected chi connectivity index (χ4v) is 4.09. The molecule has 0 unspecified atom stereocenters. The van der Waals surface area contributed by atoms with Crippen molar-refractivity contribution in [3.63, 3.8) is 0 Å². The number of hydrogen-bond acceptors (Lipinski definition) is 7. The van der Waals surface area contributed by atoms with Gasteiger partial charge in [0, 0.05) is 29.6 Å². The van der Waals surface area contributed by atoms with Gasteiger partial charge in [-0.1, -0.05) is 44.9 Å². The second-order valence-electron chi connectivity index (χ2n) is 7.97. The average Bonchev–Trinajstić information content (AvgIpc) is 2.79. The smallest absolute Gasteiger partial charge is 0.336 e. The summed E-state index contributed by atoms with van der Waals surface area (Å²) in [4.78, 5) is 39.8. The van der Waals surface area contributed by atoms with E-state index in [1.54, 1.807) is 32.0 Å². The number of hydrogen-bond donors (Lipinski definition) is 0. The van der Waals surface area contributed by atoms with Crippen LogP contribution in [0.2, 0.25) is 0 Å². The summed E-state index contributed by atoms with van der Waals surface area (Å²) in [5.74, 6) is -2.11. The van der Waals surface area contributed by atoms with Crippen molar-refractivity contribution in [2.75, 3.05) is 19.8 Å². The number of para-hydroxylation sites is 1. The van der Waals surface area contributed by atoms with Crippen LogP contribution in [0.1, 0.15) is 71.8 Å². The van der Waals surface area contributed by atoms with Gasteiger partial charge in [0.2, 0.25) is 0 Å². The predicted molar refractivity (Wildman–Crippen MR) is 125 cm³/mol. The van der Waals surface area contributed by atoms with E-state index in [1.165, 1.54) is 6.07 Å². The van der Waals surface area contributed by atoms with Crippen LogP contribution in [0, 0.1) is 10.1 Å². The lowest BCUT2D eigenvalue weighted by Gasteiger charge is -2.37. The van der Waals surface area contributed by atoms with Crippen molar-refractivity contribution in [3.05, 3.63) is 62.5 Å². The zero-order valence-electron chi connectivity index (χ0n) is 20.2. The molecule has 180 valence electrons. The molecule has 8 heteroatoms. The van der Waals surface area contributed by atoms with Gasteiger partial charge in [0.05, 0.1) is 35.2 Å². The van der Waals surface area contributed by atoms with Gasteiger partial charge in [-0.05, 0) is 33.6 Å². The molecule has 0 saturated carbocycles. The summed E-state index contributed by atoms with van der Waals surface area (Å²) in [5.41, 5.74) is 1.80. The van der Waals surface area contributed by atoms with E-state index >= 15 is 0 Å². The zero-order chi connectivity index (χ0) is 24.5. The number of carbonyl (C=O) groups is 2. The van der Waals surface area contributed by atoms with Gasteiger partial charge in [-0.2, -0.15) is 0 Å². The highest BCUT2D eigenvalue weighted by molar-refractivity contribution is 6.00. The third-order valence-electron chi connectivity index (χ3n) is 5.83. The zero-order valence-corrected chi connectivity index (χ0v) is 20.2. The third kappa shape index (κ3) is 5.80. The highest BCUT2D eigenvalue weighted by Crippen LogP contribution is 2.45. The number of unbranched alkanes of at least 4 members (excludes halogenated alkanes) is 2. The van der Waals surface area contributed by atoms with E-state index in [2.05, 4.69) is 0 Å². The molecule has 0 bridgehead atoms. The SMILES string of the molecule is CCCCOC(=O)C1=C(C)N(CC)C(C)=C(C(=O)OCCCC)C1c1ccccc1[N+](=O)[O-]. The van der Waals surface area contributed by atoms with Gasteiger partial charge < -0.3 is 14.4 Å². The summed E-state index contributed by atoms with van der Waals surface area (Å²) in [6.07, 6.45) is 3.11. The molecule has 0 N–H and O–H groups in total. The van der Waals surface area contributed by atoms with Gasteiger partial charge in [-0.25, -0.2) is 9.59 Å². The fraction of sp³-hybridized carbons (Fsp3) is 0.520.